The Balaban J connectivity index is 1.86. The Labute approximate surface area is 120 Å². The number of benzene rings is 1. The van der Waals surface area contributed by atoms with Crippen molar-refractivity contribution in [3.8, 4) is 0 Å². The first kappa shape index (κ1) is 13.0. The van der Waals surface area contributed by atoms with Gasteiger partial charge in [0.2, 0.25) is 0 Å². The zero-order valence-electron chi connectivity index (χ0n) is 11.9. The summed E-state index contributed by atoms with van der Waals surface area (Å²) in [5.74, 6) is 0. The molecule has 1 aliphatic carbocycles. The highest BCUT2D eigenvalue weighted by Gasteiger charge is 2.12. The summed E-state index contributed by atoms with van der Waals surface area (Å²) in [7, 11) is 0. The van der Waals surface area contributed by atoms with Crippen LogP contribution in [0.3, 0.4) is 0 Å². The molecule has 1 heterocycles. The Bertz CT molecular complexity index is 593. The third kappa shape index (κ3) is 2.77. The second-order valence-electron chi connectivity index (χ2n) is 5.27. The second-order valence-corrected chi connectivity index (χ2v) is 5.27. The minimum absolute atomic E-state index is 0.909. The normalized spacial score (nSPS) is 13.7. The first-order valence-corrected chi connectivity index (χ1v) is 7.43. The van der Waals surface area contributed by atoms with Gasteiger partial charge in [0.05, 0.1) is 23.8 Å². The number of fused-ring (bicyclic) bond motifs is 1. The van der Waals surface area contributed by atoms with Crippen LogP contribution in [0.5, 0.6) is 0 Å². The Kier molecular flexibility index (Phi) is 3.86. The van der Waals surface area contributed by atoms with E-state index < -0.39 is 0 Å². The van der Waals surface area contributed by atoms with Gasteiger partial charge in [-0.25, -0.2) is 0 Å². The van der Waals surface area contributed by atoms with E-state index in [2.05, 4.69) is 46.8 Å². The van der Waals surface area contributed by atoms with Crippen LogP contribution >= 0.6 is 0 Å². The van der Waals surface area contributed by atoms with Crippen molar-refractivity contribution >= 4 is 17.1 Å². The first-order chi connectivity index (χ1) is 9.86. The monoisotopic (exact) mass is 267 g/mol. The first-order valence-electron chi connectivity index (χ1n) is 7.43. The maximum Gasteiger partial charge on any atom is 0.0591 e. The molecule has 0 spiro atoms. The number of hydrogen-bond acceptors (Lipinski definition) is 3. The molecule has 2 aromatic rings. The number of aromatic nitrogens is 1. The number of nitrogens with zero attached hydrogens (tertiary/aromatic N) is 1. The third-order valence-corrected chi connectivity index (χ3v) is 3.79. The van der Waals surface area contributed by atoms with Crippen LogP contribution in [0.1, 0.15) is 30.9 Å². The molecule has 3 heteroatoms. The van der Waals surface area contributed by atoms with Crippen LogP contribution in [-0.4, -0.2) is 11.5 Å². The molecule has 1 aliphatic rings. The smallest absolute Gasteiger partial charge is 0.0591 e. The summed E-state index contributed by atoms with van der Waals surface area (Å²) >= 11 is 0. The fourth-order valence-electron chi connectivity index (χ4n) is 2.86. The van der Waals surface area contributed by atoms with Crippen molar-refractivity contribution in [1.82, 2.24) is 4.98 Å². The number of anilines is 3. The Morgan fingerprint density at radius 3 is 2.85 bits per heavy atom. The number of rotatable bonds is 4. The molecule has 2 N–H and O–H groups in total. The van der Waals surface area contributed by atoms with Gasteiger partial charge < -0.3 is 10.6 Å². The van der Waals surface area contributed by atoms with Gasteiger partial charge in [0.15, 0.2) is 0 Å². The fraction of sp³-hybridized carbons (Fsp3) is 0.353. The lowest BCUT2D eigenvalue weighted by atomic mass is 9.90. The van der Waals surface area contributed by atoms with Crippen LogP contribution in [0.25, 0.3) is 0 Å². The lowest BCUT2D eigenvalue weighted by molar-refractivity contribution is 0.687. The summed E-state index contributed by atoms with van der Waals surface area (Å²) in [5, 5.41) is 6.82. The summed E-state index contributed by atoms with van der Waals surface area (Å²) in [4.78, 5) is 4.29. The molecular weight excluding hydrogens is 246 g/mol. The van der Waals surface area contributed by atoms with Crippen LogP contribution in [0.15, 0.2) is 36.7 Å². The molecule has 20 heavy (non-hydrogen) atoms. The molecule has 0 bridgehead atoms. The lowest BCUT2D eigenvalue weighted by Gasteiger charge is -2.20. The maximum absolute atomic E-state index is 4.29. The van der Waals surface area contributed by atoms with E-state index in [4.69, 9.17) is 0 Å². The third-order valence-electron chi connectivity index (χ3n) is 3.79. The molecule has 0 saturated heterocycles. The van der Waals surface area contributed by atoms with Crippen molar-refractivity contribution in [3.63, 3.8) is 0 Å². The summed E-state index contributed by atoms with van der Waals surface area (Å²) in [6.07, 6.45) is 8.73. The average Bonchev–Trinajstić information content (AvgIpc) is 2.48. The zero-order chi connectivity index (χ0) is 13.8. The molecule has 0 radical (unpaired) electrons. The topological polar surface area (TPSA) is 37.0 Å². The molecule has 1 aromatic carbocycles. The van der Waals surface area contributed by atoms with E-state index in [1.54, 1.807) is 0 Å². The minimum Gasteiger partial charge on any atom is -0.384 e. The van der Waals surface area contributed by atoms with Crippen molar-refractivity contribution in [3.05, 3.63) is 47.8 Å². The van der Waals surface area contributed by atoms with Gasteiger partial charge in [-0.05, 0) is 55.9 Å². The summed E-state index contributed by atoms with van der Waals surface area (Å²) < 4.78 is 0. The fourth-order valence-corrected chi connectivity index (χ4v) is 2.86. The van der Waals surface area contributed by atoms with Gasteiger partial charge in [0, 0.05) is 12.2 Å². The molecule has 3 rings (SSSR count). The van der Waals surface area contributed by atoms with Crippen molar-refractivity contribution < 1.29 is 0 Å². The number of pyridine rings is 1. The van der Waals surface area contributed by atoms with E-state index in [1.807, 2.05) is 12.4 Å². The lowest BCUT2D eigenvalue weighted by Crippen LogP contribution is -2.06. The van der Waals surface area contributed by atoms with E-state index in [9.17, 15) is 0 Å². The van der Waals surface area contributed by atoms with E-state index in [0.717, 1.165) is 17.9 Å². The molecule has 0 fully saturated rings. The molecule has 0 aliphatic heterocycles. The molecule has 0 atom stereocenters. The zero-order valence-corrected chi connectivity index (χ0v) is 11.9. The van der Waals surface area contributed by atoms with E-state index in [1.165, 1.54) is 42.5 Å². The second kappa shape index (κ2) is 5.95. The molecule has 0 unspecified atom stereocenters. The summed E-state index contributed by atoms with van der Waals surface area (Å²) in [6, 6.07) is 8.68. The molecule has 104 valence electrons. The van der Waals surface area contributed by atoms with Gasteiger partial charge in [0.25, 0.3) is 0 Å². The van der Waals surface area contributed by atoms with Crippen molar-refractivity contribution in [1.29, 1.82) is 0 Å². The van der Waals surface area contributed by atoms with Crippen LogP contribution < -0.4 is 10.6 Å². The van der Waals surface area contributed by atoms with Gasteiger partial charge >= 0.3 is 0 Å². The van der Waals surface area contributed by atoms with E-state index in [0.29, 0.717) is 0 Å². The van der Waals surface area contributed by atoms with E-state index in [-0.39, 0.29) is 0 Å². The number of hydrogen-bond donors (Lipinski definition) is 2. The standard InChI is InChI=1S/C17H21N3/c1-2-19-14-10-15(12-18-11-14)20-17-9-5-7-13-6-3-4-8-16(13)17/h5,7,9-12,19-20H,2-4,6,8H2,1H3. The van der Waals surface area contributed by atoms with Crippen LogP contribution in [0.2, 0.25) is 0 Å². The highest BCUT2D eigenvalue weighted by Crippen LogP contribution is 2.30. The highest BCUT2D eigenvalue weighted by atomic mass is 14.9. The molecular formula is C17H21N3. The molecule has 3 nitrogen and oxygen atoms in total. The molecule has 0 saturated carbocycles. The maximum atomic E-state index is 4.29. The van der Waals surface area contributed by atoms with Crippen LogP contribution in [-0.2, 0) is 12.8 Å². The van der Waals surface area contributed by atoms with Gasteiger partial charge in [-0.3, -0.25) is 4.98 Å². The van der Waals surface area contributed by atoms with E-state index >= 15 is 0 Å². The Morgan fingerprint density at radius 2 is 1.95 bits per heavy atom. The van der Waals surface area contributed by atoms with Gasteiger partial charge in [-0.15, -0.1) is 0 Å². The van der Waals surface area contributed by atoms with Crippen LogP contribution in [0, 0.1) is 0 Å². The SMILES string of the molecule is CCNc1cncc(Nc2cccc3c2CCCC3)c1. The van der Waals surface area contributed by atoms with Crippen molar-refractivity contribution in [2.24, 2.45) is 0 Å². The van der Waals surface area contributed by atoms with Gasteiger partial charge in [-0.2, -0.15) is 0 Å². The highest BCUT2D eigenvalue weighted by molar-refractivity contribution is 5.67. The largest absolute Gasteiger partial charge is 0.384 e. The predicted molar refractivity (Wildman–Crippen MR) is 84.8 cm³/mol. The quantitative estimate of drug-likeness (QED) is 0.874. The predicted octanol–water partition coefficient (Wildman–Crippen LogP) is 4.14. The van der Waals surface area contributed by atoms with Gasteiger partial charge in [0.1, 0.15) is 0 Å². The van der Waals surface area contributed by atoms with Crippen molar-refractivity contribution in [2.45, 2.75) is 32.6 Å². The average molecular weight is 267 g/mol. The van der Waals surface area contributed by atoms with Crippen LogP contribution in [0.4, 0.5) is 17.1 Å². The van der Waals surface area contributed by atoms with Gasteiger partial charge in [-0.1, -0.05) is 12.1 Å². The Morgan fingerprint density at radius 1 is 1.10 bits per heavy atom. The summed E-state index contributed by atoms with van der Waals surface area (Å²) in [5.41, 5.74) is 6.31. The number of nitrogens with one attached hydrogen (secondary N) is 2. The Hall–Kier alpha value is -2.03. The van der Waals surface area contributed by atoms with Crippen molar-refractivity contribution in [2.75, 3.05) is 17.2 Å². The minimum atomic E-state index is 0.909. The number of aryl methyl sites for hydroxylation is 1. The molecule has 0 amide bonds. The molecule has 1 aromatic heterocycles. The summed E-state index contributed by atoms with van der Waals surface area (Å²) in [6.45, 7) is 3.00.